The number of hydrogen-bond donors (Lipinski definition) is 1. The Labute approximate surface area is 151 Å². The second-order valence-electron chi connectivity index (χ2n) is 6.63. The number of fused-ring (bicyclic) bond motifs is 1. The minimum atomic E-state index is -0.312. The van der Waals surface area contributed by atoms with Crippen LogP contribution >= 0.6 is 11.3 Å². The molecule has 2 atom stereocenters. The Hall–Kier alpha value is -2.14. The second kappa shape index (κ2) is 6.64. The highest BCUT2D eigenvalue weighted by molar-refractivity contribution is 7.17. The summed E-state index contributed by atoms with van der Waals surface area (Å²) >= 11 is 1.54. The van der Waals surface area contributed by atoms with Crippen molar-refractivity contribution in [1.29, 1.82) is 0 Å². The zero-order valence-corrected chi connectivity index (χ0v) is 15.0. The maximum Gasteiger partial charge on any atom is 0.341 e. The number of anilines is 1. The van der Waals surface area contributed by atoms with Crippen molar-refractivity contribution in [2.45, 2.75) is 38.5 Å². The number of amides is 1. The Morgan fingerprint density at radius 3 is 2.80 bits per heavy atom. The van der Waals surface area contributed by atoms with Crippen molar-refractivity contribution in [3.05, 3.63) is 51.9 Å². The molecule has 1 aromatic heterocycles. The number of rotatable bonds is 5. The summed E-state index contributed by atoms with van der Waals surface area (Å²) in [4.78, 5) is 26.3. The van der Waals surface area contributed by atoms with Gasteiger partial charge in [-0.05, 0) is 49.7 Å². The van der Waals surface area contributed by atoms with E-state index in [2.05, 4.69) is 17.4 Å². The Balaban J connectivity index is 1.52. The van der Waals surface area contributed by atoms with Gasteiger partial charge in [0, 0.05) is 10.8 Å². The summed E-state index contributed by atoms with van der Waals surface area (Å²) in [7, 11) is 0. The quantitative estimate of drug-likeness (QED) is 0.820. The molecule has 1 amide bonds. The van der Waals surface area contributed by atoms with Crippen molar-refractivity contribution in [1.82, 2.24) is 0 Å². The largest absolute Gasteiger partial charge is 0.462 e. The molecule has 0 radical (unpaired) electrons. The zero-order valence-electron chi connectivity index (χ0n) is 14.2. The van der Waals surface area contributed by atoms with Crippen LogP contribution in [0.1, 0.15) is 52.0 Å². The van der Waals surface area contributed by atoms with Crippen molar-refractivity contribution < 1.29 is 14.3 Å². The fourth-order valence-corrected chi connectivity index (χ4v) is 4.95. The molecule has 1 heterocycles. The van der Waals surface area contributed by atoms with Gasteiger partial charge in [-0.1, -0.05) is 30.3 Å². The lowest BCUT2D eigenvalue weighted by Crippen LogP contribution is -2.17. The minimum Gasteiger partial charge on any atom is -0.462 e. The van der Waals surface area contributed by atoms with Gasteiger partial charge in [0.1, 0.15) is 5.00 Å². The third-order valence-corrected chi connectivity index (χ3v) is 6.20. The van der Waals surface area contributed by atoms with Crippen molar-refractivity contribution in [2.75, 3.05) is 11.9 Å². The predicted octanol–water partition coefficient (Wildman–Crippen LogP) is 4.16. The van der Waals surface area contributed by atoms with Crippen molar-refractivity contribution >= 4 is 28.2 Å². The molecular weight excluding hydrogens is 334 g/mol. The number of nitrogens with one attached hydrogen (secondary N) is 1. The molecule has 0 saturated heterocycles. The van der Waals surface area contributed by atoms with Crippen LogP contribution in [0.5, 0.6) is 0 Å². The molecular formula is C20H21NO3S. The second-order valence-corrected chi connectivity index (χ2v) is 7.74. The van der Waals surface area contributed by atoms with Gasteiger partial charge in [-0.3, -0.25) is 4.79 Å². The molecule has 5 heteroatoms. The monoisotopic (exact) mass is 355 g/mol. The molecule has 2 aromatic rings. The lowest BCUT2D eigenvalue weighted by molar-refractivity contribution is -0.117. The van der Waals surface area contributed by atoms with Crippen LogP contribution in [0.15, 0.2) is 30.3 Å². The van der Waals surface area contributed by atoms with Crippen molar-refractivity contribution in [3.63, 3.8) is 0 Å². The highest BCUT2D eigenvalue weighted by Crippen LogP contribution is 2.48. The first kappa shape index (κ1) is 16.3. The van der Waals surface area contributed by atoms with Crippen LogP contribution in [0.2, 0.25) is 0 Å². The normalized spacial score (nSPS) is 20.8. The van der Waals surface area contributed by atoms with E-state index in [0.29, 0.717) is 23.1 Å². The number of esters is 1. The standard InChI is InChI=1S/C20H21NO3S/c1-2-24-20(23)17-13-9-6-10-16(13)25-19(17)21-18(22)15-11-14(15)12-7-4-3-5-8-12/h3-5,7-8,14-15H,2,6,9-11H2,1H3,(H,21,22)/t14-,15-/m1/s1. The Morgan fingerprint density at radius 1 is 1.24 bits per heavy atom. The van der Waals surface area contributed by atoms with Gasteiger partial charge in [0.15, 0.2) is 0 Å². The van der Waals surface area contributed by atoms with E-state index in [1.54, 1.807) is 18.3 Å². The van der Waals surface area contributed by atoms with Gasteiger partial charge in [0.2, 0.25) is 5.91 Å². The molecule has 0 bridgehead atoms. The van der Waals surface area contributed by atoms with E-state index >= 15 is 0 Å². The fourth-order valence-electron chi connectivity index (χ4n) is 3.67. The van der Waals surface area contributed by atoms with Crippen LogP contribution < -0.4 is 5.32 Å². The van der Waals surface area contributed by atoms with E-state index < -0.39 is 0 Å². The Morgan fingerprint density at radius 2 is 2.04 bits per heavy atom. The average Bonchev–Trinajstić information content (AvgIpc) is 3.18. The summed E-state index contributed by atoms with van der Waals surface area (Å²) in [5.41, 5.74) is 2.88. The first-order valence-corrected chi connectivity index (χ1v) is 9.68. The van der Waals surface area contributed by atoms with E-state index in [4.69, 9.17) is 4.74 Å². The van der Waals surface area contributed by atoms with Gasteiger partial charge in [-0.2, -0.15) is 0 Å². The van der Waals surface area contributed by atoms with Gasteiger partial charge in [0.05, 0.1) is 12.2 Å². The number of carbonyl (C=O) groups excluding carboxylic acids is 2. The molecule has 0 unspecified atom stereocenters. The van der Waals surface area contributed by atoms with Gasteiger partial charge in [-0.25, -0.2) is 4.79 Å². The number of carbonyl (C=O) groups is 2. The number of benzene rings is 1. The number of hydrogen-bond acceptors (Lipinski definition) is 4. The molecule has 4 nitrogen and oxygen atoms in total. The predicted molar refractivity (Wildman–Crippen MR) is 98.2 cm³/mol. The Bertz CT molecular complexity index is 812. The van der Waals surface area contributed by atoms with Gasteiger partial charge >= 0.3 is 5.97 Å². The maximum absolute atomic E-state index is 12.7. The van der Waals surface area contributed by atoms with Crippen LogP contribution in [-0.4, -0.2) is 18.5 Å². The molecule has 2 aliphatic rings. The molecule has 2 aliphatic carbocycles. The van der Waals surface area contributed by atoms with Crippen LogP contribution in [-0.2, 0) is 22.4 Å². The fraction of sp³-hybridized carbons (Fsp3) is 0.400. The summed E-state index contributed by atoms with van der Waals surface area (Å²) < 4.78 is 5.22. The van der Waals surface area contributed by atoms with Gasteiger partial charge in [-0.15, -0.1) is 11.3 Å². The Kier molecular flexibility index (Phi) is 4.34. The van der Waals surface area contributed by atoms with E-state index in [1.165, 1.54) is 10.4 Å². The summed E-state index contributed by atoms with van der Waals surface area (Å²) in [6.45, 7) is 2.15. The zero-order chi connectivity index (χ0) is 17.4. The molecule has 1 N–H and O–H groups in total. The highest BCUT2D eigenvalue weighted by Gasteiger charge is 2.44. The first-order chi connectivity index (χ1) is 12.2. The van der Waals surface area contributed by atoms with E-state index in [1.807, 2.05) is 18.2 Å². The molecule has 1 fully saturated rings. The van der Waals surface area contributed by atoms with E-state index in [0.717, 1.165) is 31.2 Å². The first-order valence-electron chi connectivity index (χ1n) is 8.86. The summed E-state index contributed by atoms with van der Waals surface area (Å²) in [6, 6.07) is 10.1. The number of aryl methyl sites for hydroxylation is 1. The molecule has 0 spiro atoms. The maximum atomic E-state index is 12.7. The third kappa shape index (κ3) is 3.09. The summed E-state index contributed by atoms with van der Waals surface area (Å²) in [6.07, 6.45) is 3.82. The van der Waals surface area contributed by atoms with Crippen LogP contribution in [0.4, 0.5) is 5.00 Å². The molecule has 0 aliphatic heterocycles. The summed E-state index contributed by atoms with van der Waals surface area (Å²) in [5.74, 6) is -0.0135. The molecule has 4 rings (SSSR count). The topological polar surface area (TPSA) is 55.4 Å². The van der Waals surface area contributed by atoms with Crippen LogP contribution in [0.3, 0.4) is 0 Å². The molecule has 25 heavy (non-hydrogen) atoms. The van der Waals surface area contributed by atoms with Crippen molar-refractivity contribution in [3.8, 4) is 0 Å². The SMILES string of the molecule is CCOC(=O)c1c(NC(=O)[C@@H]2C[C@@H]2c2ccccc2)sc2c1CCC2. The smallest absolute Gasteiger partial charge is 0.341 e. The number of thiophene rings is 1. The van der Waals surface area contributed by atoms with Gasteiger partial charge < -0.3 is 10.1 Å². The lowest BCUT2D eigenvalue weighted by atomic mass is 10.1. The molecule has 130 valence electrons. The van der Waals surface area contributed by atoms with Crippen LogP contribution in [0.25, 0.3) is 0 Å². The van der Waals surface area contributed by atoms with Crippen LogP contribution in [0, 0.1) is 5.92 Å². The molecule has 1 saturated carbocycles. The number of ether oxygens (including phenoxy) is 1. The minimum absolute atomic E-state index is 0.00520. The molecule has 1 aromatic carbocycles. The average molecular weight is 355 g/mol. The van der Waals surface area contributed by atoms with Crippen molar-refractivity contribution in [2.24, 2.45) is 5.92 Å². The highest BCUT2D eigenvalue weighted by atomic mass is 32.1. The van der Waals surface area contributed by atoms with E-state index in [-0.39, 0.29) is 17.8 Å². The van der Waals surface area contributed by atoms with Gasteiger partial charge in [0.25, 0.3) is 0 Å². The lowest BCUT2D eigenvalue weighted by Gasteiger charge is -2.08. The summed E-state index contributed by atoms with van der Waals surface area (Å²) in [5, 5.41) is 3.69. The van der Waals surface area contributed by atoms with E-state index in [9.17, 15) is 9.59 Å². The third-order valence-electron chi connectivity index (χ3n) is 4.99.